The number of aryl methyl sites for hydroxylation is 1. The fourth-order valence-electron chi connectivity index (χ4n) is 1.66. The monoisotopic (exact) mass is 261 g/mol. The van der Waals surface area contributed by atoms with Crippen molar-refractivity contribution in [2.45, 2.75) is 19.3 Å². The maximum Gasteiger partial charge on any atom is 0.125 e. The second-order valence-electron chi connectivity index (χ2n) is 4.05. The van der Waals surface area contributed by atoms with Crippen molar-refractivity contribution in [3.05, 3.63) is 27.8 Å². The van der Waals surface area contributed by atoms with Crippen LogP contribution in [0.4, 0.5) is 0 Å². The lowest BCUT2D eigenvalue weighted by Gasteiger charge is -2.23. The zero-order valence-corrected chi connectivity index (χ0v) is 11.8. The van der Waals surface area contributed by atoms with E-state index in [9.17, 15) is 0 Å². The Morgan fingerprint density at radius 1 is 1.31 bits per heavy atom. The second-order valence-corrected chi connectivity index (χ2v) is 4.84. The van der Waals surface area contributed by atoms with Gasteiger partial charge in [-0.05, 0) is 45.1 Å². The van der Waals surface area contributed by atoms with Crippen LogP contribution in [0.15, 0.2) is 6.07 Å². The van der Waals surface area contributed by atoms with E-state index < -0.39 is 0 Å². The normalized spacial score (nSPS) is 13.0. The molecule has 0 aliphatic heterocycles. The van der Waals surface area contributed by atoms with Crippen LogP contribution >= 0.6 is 23.2 Å². The number of hydrogen-bond acceptors (Lipinski definition) is 2. The Balaban J connectivity index is 3.41. The smallest absolute Gasteiger partial charge is 0.125 e. The highest BCUT2D eigenvalue weighted by atomic mass is 35.5. The largest absolute Gasteiger partial charge is 0.496 e. The Labute approximate surface area is 107 Å². The zero-order valence-electron chi connectivity index (χ0n) is 10.3. The number of benzene rings is 1. The summed E-state index contributed by atoms with van der Waals surface area (Å²) in [5.74, 6) is 0.785. The number of halogens is 2. The Kier molecular flexibility index (Phi) is 4.48. The molecule has 0 aliphatic carbocycles. The number of rotatable bonds is 3. The standard InChI is InChI=1S/C12H17Cl2NO/c1-7-6-9(16-5)10(8(2)11(7)13)12(14)15(3)4/h6,12H,1-5H3. The van der Waals surface area contributed by atoms with Crippen molar-refractivity contribution in [3.8, 4) is 5.75 Å². The Bertz CT molecular complexity index is 391. The van der Waals surface area contributed by atoms with Crippen molar-refractivity contribution >= 4 is 23.2 Å². The second kappa shape index (κ2) is 5.26. The average Bonchev–Trinajstić information content (AvgIpc) is 2.24. The van der Waals surface area contributed by atoms with E-state index in [2.05, 4.69) is 0 Å². The van der Waals surface area contributed by atoms with Crippen molar-refractivity contribution in [3.63, 3.8) is 0 Å². The van der Waals surface area contributed by atoms with Crippen LogP contribution in [0.5, 0.6) is 5.75 Å². The van der Waals surface area contributed by atoms with Gasteiger partial charge in [-0.1, -0.05) is 11.6 Å². The Morgan fingerprint density at radius 2 is 1.88 bits per heavy atom. The summed E-state index contributed by atoms with van der Waals surface area (Å²) in [6.45, 7) is 3.92. The molecule has 0 spiro atoms. The summed E-state index contributed by atoms with van der Waals surface area (Å²) in [4.78, 5) is 1.91. The molecular weight excluding hydrogens is 245 g/mol. The molecule has 0 N–H and O–H groups in total. The van der Waals surface area contributed by atoms with Crippen LogP contribution < -0.4 is 4.74 Å². The van der Waals surface area contributed by atoms with E-state index in [1.165, 1.54) is 0 Å². The predicted octanol–water partition coefficient (Wildman–Crippen LogP) is 3.76. The predicted molar refractivity (Wildman–Crippen MR) is 69.8 cm³/mol. The lowest BCUT2D eigenvalue weighted by molar-refractivity contribution is 0.359. The number of ether oxygens (including phenoxy) is 1. The van der Waals surface area contributed by atoms with Gasteiger partial charge in [0.05, 0.1) is 7.11 Å². The summed E-state index contributed by atoms with van der Waals surface area (Å²) in [6.07, 6.45) is 0. The maximum absolute atomic E-state index is 6.34. The summed E-state index contributed by atoms with van der Waals surface area (Å²) >= 11 is 12.6. The van der Waals surface area contributed by atoms with Crippen molar-refractivity contribution < 1.29 is 4.74 Å². The van der Waals surface area contributed by atoms with E-state index in [1.54, 1.807) is 7.11 Å². The van der Waals surface area contributed by atoms with E-state index in [-0.39, 0.29) is 5.50 Å². The summed E-state index contributed by atoms with van der Waals surface area (Å²) in [5.41, 5.74) is 2.67. The molecular formula is C12H17Cl2NO. The highest BCUT2D eigenvalue weighted by molar-refractivity contribution is 6.32. The van der Waals surface area contributed by atoms with Crippen molar-refractivity contribution in [2.24, 2.45) is 0 Å². The first-order chi connectivity index (χ1) is 7.40. The molecule has 1 aromatic carbocycles. The molecule has 0 amide bonds. The minimum Gasteiger partial charge on any atom is -0.496 e. The lowest BCUT2D eigenvalue weighted by Crippen LogP contribution is -2.17. The third-order valence-corrected chi connectivity index (χ3v) is 3.79. The quantitative estimate of drug-likeness (QED) is 0.607. The SMILES string of the molecule is COc1cc(C)c(Cl)c(C)c1C(Cl)N(C)C. The number of nitrogens with zero attached hydrogens (tertiary/aromatic N) is 1. The molecule has 0 saturated heterocycles. The molecule has 0 aliphatic rings. The topological polar surface area (TPSA) is 12.5 Å². The van der Waals surface area contributed by atoms with Crippen LogP contribution in [-0.2, 0) is 0 Å². The molecule has 1 unspecified atom stereocenters. The van der Waals surface area contributed by atoms with Crippen LogP contribution in [0.3, 0.4) is 0 Å². The van der Waals surface area contributed by atoms with Gasteiger partial charge >= 0.3 is 0 Å². The van der Waals surface area contributed by atoms with Crippen molar-refractivity contribution in [1.29, 1.82) is 0 Å². The molecule has 16 heavy (non-hydrogen) atoms. The first-order valence-corrected chi connectivity index (χ1v) is 5.85. The van der Waals surface area contributed by atoms with Gasteiger partial charge in [-0.25, -0.2) is 0 Å². The molecule has 90 valence electrons. The first kappa shape index (κ1) is 13.6. The number of methoxy groups -OCH3 is 1. The average molecular weight is 262 g/mol. The van der Waals surface area contributed by atoms with Gasteiger partial charge in [0.1, 0.15) is 11.3 Å². The van der Waals surface area contributed by atoms with Gasteiger partial charge in [0.25, 0.3) is 0 Å². The van der Waals surface area contributed by atoms with Gasteiger partial charge < -0.3 is 4.74 Å². The first-order valence-electron chi connectivity index (χ1n) is 5.04. The van der Waals surface area contributed by atoms with Crippen LogP contribution in [0.25, 0.3) is 0 Å². The molecule has 0 heterocycles. The molecule has 2 nitrogen and oxygen atoms in total. The van der Waals surface area contributed by atoms with Gasteiger partial charge in [-0.2, -0.15) is 0 Å². The lowest BCUT2D eigenvalue weighted by atomic mass is 10.0. The summed E-state index contributed by atoms with van der Waals surface area (Å²) in [5, 5.41) is 0.753. The Hall–Kier alpha value is -0.440. The third-order valence-electron chi connectivity index (χ3n) is 2.60. The minimum absolute atomic E-state index is 0.243. The van der Waals surface area contributed by atoms with Gasteiger partial charge in [0.2, 0.25) is 0 Å². The molecule has 0 aromatic heterocycles. The fourth-order valence-corrected chi connectivity index (χ4v) is 2.09. The van der Waals surface area contributed by atoms with Crippen LogP contribution in [0, 0.1) is 13.8 Å². The van der Waals surface area contributed by atoms with E-state index in [0.29, 0.717) is 0 Å². The third kappa shape index (κ3) is 2.45. The van der Waals surface area contributed by atoms with Crippen LogP contribution in [0.2, 0.25) is 5.02 Å². The number of hydrogen-bond donors (Lipinski definition) is 0. The number of alkyl halides is 1. The van der Waals surface area contributed by atoms with Crippen molar-refractivity contribution in [2.75, 3.05) is 21.2 Å². The highest BCUT2D eigenvalue weighted by Crippen LogP contribution is 2.38. The van der Waals surface area contributed by atoms with Gasteiger partial charge in [-0.3, -0.25) is 4.90 Å². The van der Waals surface area contributed by atoms with E-state index >= 15 is 0 Å². The van der Waals surface area contributed by atoms with E-state index in [4.69, 9.17) is 27.9 Å². The van der Waals surface area contributed by atoms with E-state index in [1.807, 2.05) is 38.9 Å². The van der Waals surface area contributed by atoms with E-state index in [0.717, 1.165) is 27.5 Å². The zero-order chi connectivity index (χ0) is 12.5. The molecule has 0 fully saturated rings. The summed E-state index contributed by atoms with van der Waals surface area (Å²) in [7, 11) is 5.49. The molecule has 1 rings (SSSR count). The maximum atomic E-state index is 6.34. The molecule has 0 radical (unpaired) electrons. The molecule has 0 bridgehead atoms. The molecule has 1 atom stereocenters. The molecule has 1 aromatic rings. The van der Waals surface area contributed by atoms with Crippen LogP contribution in [-0.4, -0.2) is 26.1 Å². The van der Waals surface area contributed by atoms with Crippen molar-refractivity contribution in [1.82, 2.24) is 4.90 Å². The van der Waals surface area contributed by atoms with Gasteiger partial charge in [0, 0.05) is 10.6 Å². The molecule has 4 heteroatoms. The summed E-state index contributed by atoms with van der Waals surface area (Å²) in [6, 6.07) is 1.92. The fraction of sp³-hybridized carbons (Fsp3) is 0.500. The highest BCUT2D eigenvalue weighted by Gasteiger charge is 2.21. The molecule has 0 saturated carbocycles. The van der Waals surface area contributed by atoms with Gasteiger partial charge in [-0.15, -0.1) is 11.6 Å². The minimum atomic E-state index is -0.243. The summed E-state index contributed by atoms with van der Waals surface area (Å²) < 4.78 is 5.36. The van der Waals surface area contributed by atoms with Crippen LogP contribution in [0.1, 0.15) is 22.2 Å². The Morgan fingerprint density at radius 3 is 2.31 bits per heavy atom. The van der Waals surface area contributed by atoms with Gasteiger partial charge in [0.15, 0.2) is 0 Å².